The van der Waals surface area contributed by atoms with E-state index in [1.807, 2.05) is 31.2 Å². The molecular weight excluding hydrogens is 361 g/mol. The van der Waals surface area contributed by atoms with Crippen molar-refractivity contribution in [1.29, 1.82) is 0 Å². The highest BCUT2D eigenvalue weighted by molar-refractivity contribution is 9.10. The highest BCUT2D eigenvalue weighted by Gasteiger charge is 2.14. The zero-order chi connectivity index (χ0) is 14.4. The number of anilines is 1. The first-order valence-electron chi connectivity index (χ1n) is 5.87. The second-order valence-electron chi connectivity index (χ2n) is 4.49. The van der Waals surface area contributed by atoms with Crippen LogP contribution in [0, 0.1) is 6.92 Å². The van der Waals surface area contributed by atoms with Gasteiger partial charge >= 0.3 is 0 Å². The number of nitrogens with zero attached hydrogens (tertiary/aromatic N) is 2. The van der Waals surface area contributed by atoms with Crippen molar-refractivity contribution in [3.8, 4) is 5.69 Å². The molecule has 0 atom stereocenters. The van der Waals surface area contributed by atoms with Crippen LogP contribution in [-0.2, 0) is 0 Å². The molecule has 0 saturated carbocycles. The quantitative estimate of drug-likeness (QED) is 0.656. The Labute approximate surface area is 134 Å². The number of benzene rings is 2. The van der Waals surface area contributed by atoms with Gasteiger partial charge in [0.1, 0.15) is 0 Å². The van der Waals surface area contributed by atoms with Crippen molar-refractivity contribution in [1.82, 2.24) is 9.55 Å². The molecule has 0 unspecified atom stereocenters. The summed E-state index contributed by atoms with van der Waals surface area (Å²) < 4.78 is 2.75. The van der Waals surface area contributed by atoms with E-state index in [1.54, 1.807) is 10.6 Å². The van der Waals surface area contributed by atoms with Crippen LogP contribution in [0.3, 0.4) is 0 Å². The fraction of sp³-hybridized carbons (Fsp3) is 0.0714. The van der Waals surface area contributed by atoms with Crippen LogP contribution >= 0.6 is 39.1 Å². The third-order valence-corrected chi connectivity index (χ3v) is 4.31. The third kappa shape index (κ3) is 2.18. The van der Waals surface area contributed by atoms with Crippen molar-refractivity contribution in [2.45, 2.75) is 6.92 Å². The minimum absolute atomic E-state index is 0.375. The van der Waals surface area contributed by atoms with Gasteiger partial charge in [-0.05, 0) is 42.8 Å². The van der Waals surface area contributed by atoms with Gasteiger partial charge in [-0.2, -0.15) is 0 Å². The molecule has 0 radical (unpaired) electrons. The fourth-order valence-electron chi connectivity index (χ4n) is 2.13. The second kappa shape index (κ2) is 4.95. The normalized spacial score (nSPS) is 11.2. The van der Waals surface area contributed by atoms with E-state index in [-0.39, 0.29) is 0 Å². The van der Waals surface area contributed by atoms with Gasteiger partial charge in [0, 0.05) is 9.50 Å². The van der Waals surface area contributed by atoms with Crippen LogP contribution in [0.1, 0.15) is 5.56 Å². The number of aryl methyl sites for hydroxylation is 1. The highest BCUT2D eigenvalue weighted by atomic mass is 79.9. The number of fused-ring (bicyclic) bond motifs is 1. The molecule has 1 heterocycles. The summed E-state index contributed by atoms with van der Waals surface area (Å²) in [4.78, 5) is 4.35. The van der Waals surface area contributed by atoms with E-state index in [9.17, 15) is 0 Å². The van der Waals surface area contributed by atoms with Crippen LogP contribution in [0.2, 0.25) is 10.0 Å². The zero-order valence-electron chi connectivity index (χ0n) is 10.5. The lowest BCUT2D eigenvalue weighted by atomic mass is 10.2. The average Bonchev–Trinajstić information content (AvgIpc) is 2.69. The molecule has 3 rings (SSSR count). The van der Waals surface area contributed by atoms with Crippen molar-refractivity contribution in [2.75, 3.05) is 5.73 Å². The third-order valence-electron chi connectivity index (χ3n) is 3.11. The zero-order valence-corrected chi connectivity index (χ0v) is 13.6. The molecule has 102 valence electrons. The van der Waals surface area contributed by atoms with Crippen LogP contribution in [0.5, 0.6) is 0 Å². The number of hydrogen-bond donors (Lipinski definition) is 1. The lowest BCUT2D eigenvalue weighted by Crippen LogP contribution is -2.01. The molecule has 1 aromatic heterocycles. The van der Waals surface area contributed by atoms with Gasteiger partial charge in [0.05, 0.1) is 21.7 Å². The van der Waals surface area contributed by atoms with Gasteiger partial charge in [-0.3, -0.25) is 4.57 Å². The van der Waals surface area contributed by atoms with Crippen molar-refractivity contribution in [3.05, 3.63) is 50.4 Å². The second-order valence-corrected chi connectivity index (χ2v) is 6.22. The molecule has 0 amide bonds. The molecule has 0 fully saturated rings. The number of hydrogen-bond acceptors (Lipinski definition) is 2. The molecule has 3 aromatic rings. The predicted octanol–water partition coefficient (Wildman–Crippen LogP) is 4.99. The number of rotatable bonds is 1. The summed E-state index contributed by atoms with van der Waals surface area (Å²) in [7, 11) is 0. The summed E-state index contributed by atoms with van der Waals surface area (Å²) in [5.74, 6) is 0.375. The lowest BCUT2D eigenvalue weighted by molar-refractivity contribution is 1.11. The van der Waals surface area contributed by atoms with E-state index in [0.717, 1.165) is 26.8 Å². The molecule has 3 nitrogen and oxygen atoms in total. The van der Waals surface area contributed by atoms with Gasteiger partial charge in [0.25, 0.3) is 0 Å². The average molecular weight is 371 g/mol. The van der Waals surface area contributed by atoms with Crippen LogP contribution in [0.25, 0.3) is 16.7 Å². The molecule has 2 N–H and O–H groups in total. The van der Waals surface area contributed by atoms with Crippen molar-refractivity contribution < 1.29 is 0 Å². The first-order valence-corrected chi connectivity index (χ1v) is 7.42. The maximum absolute atomic E-state index is 6.32. The van der Waals surface area contributed by atoms with E-state index in [4.69, 9.17) is 28.9 Å². The standard InChI is InChI=1S/C14H10BrCl2N3/c1-7-4-10(17)13(6-9(7)16)20-12-3-2-8(15)5-11(12)19-14(20)18/h2-6H,1H3,(H2,18,19). The molecule has 0 bridgehead atoms. The Bertz CT molecular complexity index is 827. The van der Waals surface area contributed by atoms with Crippen LogP contribution < -0.4 is 5.73 Å². The molecule has 0 spiro atoms. The minimum Gasteiger partial charge on any atom is -0.369 e. The topological polar surface area (TPSA) is 43.8 Å². The smallest absolute Gasteiger partial charge is 0.205 e. The summed E-state index contributed by atoms with van der Waals surface area (Å²) in [6.45, 7) is 1.91. The first kappa shape index (κ1) is 13.7. The van der Waals surface area contributed by atoms with E-state index < -0.39 is 0 Å². The first-order chi connectivity index (χ1) is 9.47. The highest BCUT2D eigenvalue weighted by Crippen LogP contribution is 2.32. The molecule has 6 heteroatoms. The Morgan fingerprint density at radius 1 is 1.15 bits per heavy atom. The van der Waals surface area contributed by atoms with Crippen LogP contribution in [-0.4, -0.2) is 9.55 Å². The largest absolute Gasteiger partial charge is 0.369 e. The fourth-order valence-corrected chi connectivity index (χ4v) is 2.94. The number of nitrogens with two attached hydrogens (primary N) is 1. The number of aromatic nitrogens is 2. The maximum Gasteiger partial charge on any atom is 0.205 e. The summed E-state index contributed by atoms with van der Waals surface area (Å²) >= 11 is 15.9. The van der Waals surface area contributed by atoms with Gasteiger partial charge in [-0.1, -0.05) is 39.1 Å². The van der Waals surface area contributed by atoms with E-state index >= 15 is 0 Å². The van der Waals surface area contributed by atoms with Crippen LogP contribution in [0.4, 0.5) is 5.95 Å². The maximum atomic E-state index is 6.32. The van der Waals surface area contributed by atoms with Crippen LogP contribution in [0.15, 0.2) is 34.8 Å². The van der Waals surface area contributed by atoms with E-state index in [1.165, 1.54) is 0 Å². The molecule has 0 saturated heterocycles. The van der Waals surface area contributed by atoms with E-state index in [2.05, 4.69) is 20.9 Å². The van der Waals surface area contributed by atoms with Crippen molar-refractivity contribution in [3.63, 3.8) is 0 Å². The Morgan fingerprint density at radius 3 is 2.65 bits per heavy atom. The van der Waals surface area contributed by atoms with Gasteiger partial charge in [-0.25, -0.2) is 4.98 Å². The molecule has 2 aromatic carbocycles. The van der Waals surface area contributed by atoms with Crippen molar-refractivity contribution >= 4 is 56.1 Å². The lowest BCUT2D eigenvalue weighted by Gasteiger charge is -2.11. The molecule has 0 aliphatic heterocycles. The summed E-state index contributed by atoms with van der Waals surface area (Å²) in [5.41, 5.74) is 9.35. The molecule has 0 aliphatic carbocycles. The number of halogens is 3. The van der Waals surface area contributed by atoms with Gasteiger partial charge in [0.15, 0.2) is 0 Å². The number of nitrogen functional groups attached to an aromatic ring is 1. The van der Waals surface area contributed by atoms with Crippen molar-refractivity contribution in [2.24, 2.45) is 0 Å². The van der Waals surface area contributed by atoms with Gasteiger partial charge in [-0.15, -0.1) is 0 Å². The number of imidazole rings is 1. The minimum atomic E-state index is 0.375. The van der Waals surface area contributed by atoms with Gasteiger partial charge in [0.2, 0.25) is 5.95 Å². The molecule has 0 aliphatic rings. The summed E-state index contributed by atoms with van der Waals surface area (Å²) in [6.07, 6.45) is 0. The predicted molar refractivity (Wildman–Crippen MR) is 87.9 cm³/mol. The SMILES string of the molecule is Cc1cc(Cl)c(-n2c(N)nc3cc(Br)ccc32)cc1Cl. The molecular formula is C14H10BrCl2N3. The summed E-state index contributed by atoms with van der Waals surface area (Å²) in [5, 5.41) is 1.23. The Balaban J connectivity index is 2.35. The monoisotopic (exact) mass is 369 g/mol. The molecule has 20 heavy (non-hydrogen) atoms. The Hall–Kier alpha value is -1.23. The Kier molecular flexibility index (Phi) is 3.40. The Morgan fingerprint density at radius 2 is 1.90 bits per heavy atom. The van der Waals surface area contributed by atoms with E-state index in [0.29, 0.717) is 16.0 Å². The summed E-state index contributed by atoms with van der Waals surface area (Å²) in [6, 6.07) is 9.41. The van der Waals surface area contributed by atoms with Gasteiger partial charge < -0.3 is 5.73 Å².